The van der Waals surface area contributed by atoms with Crippen LogP contribution < -0.4 is 0 Å². The molecule has 0 saturated heterocycles. The molecule has 0 N–H and O–H groups in total. The Morgan fingerprint density at radius 3 is 2.64 bits per heavy atom. The van der Waals surface area contributed by atoms with Crippen molar-refractivity contribution < 1.29 is 0 Å². The van der Waals surface area contributed by atoms with Crippen molar-refractivity contribution in [1.82, 2.24) is 0 Å². The predicted molar refractivity (Wildman–Crippen MR) is 57.7 cm³/mol. The van der Waals surface area contributed by atoms with E-state index >= 15 is 0 Å². The van der Waals surface area contributed by atoms with Crippen LogP contribution in [0.1, 0.15) is 25.7 Å². The maximum atomic E-state index is 2.53. The topological polar surface area (TPSA) is 0 Å². The quantitative estimate of drug-likeness (QED) is 0.509. The lowest BCUT2D eigenvalue weighted by molar-refractivity contribution is 0.255. The SMILES string of the molecule is C1=CCC2C(C1)CC1C3C=CC(C3)C12. The van der Waals surface area contributed by atoms with Crippen LogP contribution in [0, 0.1) is 35.5 Å². The van der Waals surface area contributed by atoms with Crippen LogP contribution in [-0.2, 0) is 0 Å². The highest BCUT2D eigenvalue weighted by atomic mass is 14.6. The van der Waals surface area contributed by atoms with E-state index in [2.05, 4.69) is 24.3 Å². The molecule has 0 spiro atoms. The molecule has 0 aromatic carbocycles. The van der Waals surface area contributed by atoms with Gasteiger partial charge in [-0.05, 0) is 61.2 Å². The zero-order valence-electron chi connectivity index (χ0n) is 8.60. The Morgan fingerprint density at radius 2 is 1.64 bits per heavy atom. The van der Waals surface area contributed by atoms with Gasteiger partial charge in [-0.3, -0.25) is 0 Å². The molecule has 0 aromatic heterocycles. The molecule has 2 saturated carbocycles. The van der Waals surface area contributed by atoms with Crippen molar-refractivity contribution in [3.63, 3.8) is 0 Å². The first kappa shape index (κ1) is 7.73. The summed E-state index contributed by atoms with van der Waals surface area (Å²) in [4.78, 5) is 0. The van der Waals surface area contributed by atoms with E-state index in [4.69, 9.17) is 0 Å². The summed E-state index contributed by atoms with van der Waals surface area (Å²) in [5.74, 6) is 6.24. The van der Waals surface area contributed by atoms with Crippen molar-refractivity contribution in [2.45, 2.75) is 25.7 Å². The molecular weight excluding hydrogens is 168 g/mol. The summed E-state index contributed by atoms with van der Waals surface area (Å²) in [6.07, 6.45) is 15.8. The first-order chi connectivity index (χ1) is 6.93. The molecule has 2 bridgehead atoms. The molecular formula is C14H18. The van der Waals surface area contributed by atoms with Gasteiger partial charge in [-0.15, -0.1) is 0 Å². The van der Waals surface area contributed by atoms with Crippen molar-refractivity contribution in [2.75, 3.05) is 0 Å². The van der Waals surface area contributed by atoms with Crippen molar-refractivity contribution >= 4 is 0 Å². The van der Waals surface area contributed by atoms with E-state index in [9.17, 15) is 0 Å². The van der Waals surface area contributed by atoms with Crippen LogP contribution in [0.25, 0.3) is 0 Å². The zero-order valence-corrected chi connectivity index (χ0v) is 8.60. The van der Waals surface area contributed by atoms with Gasteiger partial charge in [0.25, 0.3) is 0 Å². The highest BCUT2D eigenvalue weighted by Crippen LogP contribution is 2.61. The summed E-state index contributed by atoms with van der Waals surface area (Å²) in [7, 11) is 0. The molecule has 2 fully saturated rings. The maximum absolute atomic E-state index is 2.53. The van der Waals surface area contributed by atoms with Crippen LogP contribution in [0.2, 0.25) is 0 Å². The standard InChI is InChI=1S/C14H18/c1-2-4-12-9(3-1)8-13-10-5-6-11(7-10)14(12)13/h1-2,5-6,9-14H,3-4,7-8H2. The zero-order chi connectivity index (χ0) is 9.12. The van der Waals surface area contributed by atoms with Crippen molar-refractivity contribution in [3.8, 4) is 0 Å². The smallest absolute Gasteiger partial charge is 0.0194 e. The fraction of sp³-hybridized carbons (Fsp3) is 0.714. The second-order valence-electron chi connectivity index (χ2n) is 5.79. The molecule has 0 radical (unpaired) electrons. The number of fused-ring (bicyclic) bond motifs is 7. The minimum absolute atomic E-state index is 0.978. The third kappa shape index (κ3) is 0.809. The third-order valence-electron chi connectivity index (χ3n) is 5.38. The fourth-order valence-corrected chi connectivity index (χ4v) is 4.91. The van der Waals surface area contributed by atoms with E-state index in [1.807, 2.05) is 0 Å². The molecule has 4 rings (SSSR count). The highest BCUT2D eigenvalue weighted by Gasteiger charge is 2.54. The summed E-state index contributed by atoms with van der Waals surface area (Å²) < 4.78 is 0. The Balaban J connectivity index is 1.71. The van der Waals surface area contributed by atoms with Gasteiger partial charge >= 0.3 is 0 Å². The van der Waals surface area contributed by atoms with Crippen LogP contribution >= 0.6 is 0 Å². The van der Waals surface area contributed by atoms with Crippen LogP contribution in [0.3, 0.4) is 0 Å². The van der Waals surface area contributed by atoms with E-state index in [1.165, 1.54) is 19.3 Å². The molecule has 6 unspecified atom stereocenters. The molecule has 6 atom stereocenters. The van der Waals surface area contributed by atoms with Crippen molar-refractivity contribution in [3.05, 3.63) is 24.3 Å². The average Bonchev–Trinajstić information content (AvgIpc) is 2.88. The summed E-state index contributed by atoms with van der Waals surface area (Å²) >= 11 is 0. The Kier molecular flexibility index (Phi) is 1.40. The average molecular weight is 186 g/mol. The second-order valence-corrected chi connectivity index (χ2v) is 5.79. The Labute approximate surface area is 86.1 Å². The predicted octanol–water partition coefficient (Wildman–Crippen LogP) is 3.41. The maximum Gasteiger partial charge on any atom is -0.0194 e. The molecule has 74 valence electrons. The summed E-state index contributed by atoms with van der Waals surface area (Å²) in [5.41, 5.74) is 0. The molecule has 14 heavy (non-hydrogen) atoms. The second kappa shape index (κ2) is 2.53. The monoisotopic (exact) mass is 186 g/mol. The third-order valence-corrected chi connectivity index (χ3v) is 5.38. The van der Waals surface area contributed by atoms with Crippen molar-refractivity contribution in [1.29, 1.82) is 0 Å². The largest absolute Gasteiger partial charge is 0.0882 e. The van der Waals surface area contributed by atoms with E-state index in [-0.39, 0.29) is 0 Å². The summed E-state index contributed by atoms with van der Waals surface area (Å²) in [6.45, 7) is 0. The van der Waals surface area contributed by atoms with E-state index in [0.29, 0.717) is 0 Å². The number of hydrogen-bond donors (Lipinski definition) is 0. The van der Waals surface area contributed by atoms with Gasteiger partial charge in [0.2, 0.25) is 0 Å². The minimum Gasteiger partial charge on any atom is -0.0882 e. The molecule has 0 heterocycles. The molecule has 0 amide bonds. The van der Waals surface area contributed by atoms with Gasteiger partial charge in [-0.25, -0.2) is 0 Å². The lowest BCUT2D eigenvalue weighted by atomic mass is 9.76. The molecule has 0 aromatic rings. The molecule has 0 aliphatic heterocycles. The van der Waals surface area contributed by atoms with Crippen LogP contribution in [0.4, 0.5) is 0 Å². The first-order valence-electron chi connectivity index (χ1n) is 6.27. The van der Waals surface area contributed by atoms with Crippen LogP contribution in [0.15, 0.2) is 24.3 Å². The van der Waals surface area contributed by atoms with Crippen LogP contribution in [0.5, 0.6) is 0 Å². The molecule has 4 aliphatic rings. The molecule has 0 heteroatoms. The first-order valence-corrected chi connectivity index (χ1v) is 6.27. The summed E-state index contributed by atoms with van der Waals surface area (Å²) in [6, 6.07) is 0. The molecule has 0 nitrogen and oxygen atoms in total. The van der Waals surface area contributed by atoms with Gasteiger partial charge in [-0.1, -0.05) is 24.3 Å². The Bertz CT molecular complexity index is 312. The van der Waals surface area contributed by atoms with E-state index in [1.54, 1.807) is 6.42 Å². The van der Waals surface area contributed by atoms with Gasteiger partial charge in [-0.2, -0.15) is 0 Å². The highest BCUT2D eigenvalue weighted by molar-refractivity contribution is 5.19. The van der Waals surface area contributed by atoms with E-state index < -0.39 is 0 Å². The van der Waals surface area contributed by atoms with Gasteiger partial charge in [0.1, 0.15) is 0 Å². The minimum atomic E-state index is 0.978. The lowest BCUT2D eigenvalue weighted by Gasteiger charge is -2.29. The molecule has 4 aliphatic carbocycles. The van der Waals surface area contributed by atoms with Gasteiger partial charge in [0.05, 0.1) is 0 Å². The van der Waals surface area contributed by atoms with Gasteiger partial charge < -0.3 is 0 Å². The Hall–Kier alpha value is -0.520. The number of hydrogen-bond acceptors (Lipinski definition) is 0. The fourth-order valence-electron chi connectivity index (χ4n) is 4.91. The Morgan fingerprint density at radius 1 is 0.786 bits per heavy atom. The van der Waals surface area contributed by atoms with Gasteiger partial charge in [0.15, 0.2) is 0 Å². The number of rotatable bonds is 0. The summed E-state index contributed by atoms with van der Waals surface area (Å²) in [5, 5.41) is 0. The number of allylic oxidation sites excluding steroid dienone is 4. The normalized spacial score (nSPS) is 57.7. The lowest BCUT2D eigenvalue weighted by Crippen LogP contribution is -2.22. The van der Waals surface area contributed by atoms with Crippen LogP contribution in [-0.4, -0.2) is 0 Å². The van der Waals surface area contributed by atoms with Gasteiger partial charge in [0, 0.05) is 0 Å². The van der Waals surface area contributed by atoms with E-state index in [0.717, 1.165) is 35.5 Å². The van der Waals surface area contributed by atoms with Crippen molar-refractivity contribution in [2.24, 2.45) is 35.5 Å².